The molecule has 1 aromatic carbocycles. The molecular weight excluding hydrogens is 419 g/mol. The molecule has 1 fully saturated rings. The second-order valence-corrected chi connectivity index (χ2v) is 5.77. The number of guanidine groups is 1. The maximum absolute atomic E-state index is 5.33. The van der Waals surface area contributed by atoms with Crippen LogP contribution in [0.1, 0.15) is 18.4 Å². The van der Waals surface area contributed by atoms with Gasteiger partial charge in [-0.25, -0.2) is 0 Å². The Morgan fingerprint density at radius 3 is 2.58 bits per heavy atom. The summed E-state index contributed by atoms with van der Waals surface area (Å²) < 4.78 is 10.6. The van der Waals surface area contributed by atoms with Gasteiger partial charge in [-0.3, -0.25) is 4.99 Å². The number of rotatable bonds is 6. The van der Waals surface area contributed by atoms with E-state index in [0.717, 1.165) is 29.6 Å². The van der Waals surface area contributed by atoms with Crippen molar-refractivity contribution < 1.29 is 9.47 Å². The van der Waals surface area contributed by atoms with Gasteiger partial charge in [0, 0.05) is 26.2 Å². The Balaban J connectivity index is 0.00000288. The first-order valence-corrected chi connectivity index (χ1v) is 8.03. The highest BCUT2D eigenvalue weighted by Gasteiger charge is 2.20. The maximum atomic E-state index is 5.33. The number of halogens is 1. The van der Waals surface area contributed by atoms with Crippen LogP contribution in [0.5, 0.6) is 11.5 Å². The van der Waals surface area contributed by atoms with Gasteiger partial charge < -0.3 is 25.0 Å². The fourth-order valence-corrected chi connectivity index (χ4v) is 2.85. The number of nitrogens with one attached hydrogen (secondary N) is 2. The SMILES string of the molecule is CN=C(NCc1ccc(OC)c(OC)c1)NCC1CCCN1C.I. The van der Waals surface area contributed by atoms with Crippen molar-refractivity contribution in [3.63, 3.8) is 0 Å². The summed E-state index contributed by atoms with van der Waals surface area (Å²) in [7, 11) is 7.26. The van der Waals surface area contributed by atoms with E-state index < -0.39 is 0 Å². The topological polar surface area (TPSA) is 58.1 Å². The van der Waals surface area contributed by atoms with Gasteiger partial charge in [0.2, 0.25) is 0 Å². The third-order valence-corrected chi connectivity index (χ3v) is 4.31. The average molecular weight is 448 g/mol. The molecule has 24 heavy (non-hydrogen) atoms. The Morgan fingerprint density at radius 2 is 2.00 bits per heavy atom. The van der Waals surface area contributed by atoms with E-state index in [0.29, 0.717) is 12.6 Å². The number of hydrogen-bond donors (Lipinski definition) is 2. The second kappa shape index (κ2) is 10.6. The summed E-state index contributed by atoms with van der Waals surface area (Å²) in [5.74, 6) is 2.30. The normalized spacial score (nSPS) is 18.0. The van der Waals surface area contributed by atoms with Crippen LogP contribution in [-0.4, -0.2) is 58.3 Å². The van der Waals surface area contributed by atoms with Crippen molar-refractivity contribution in [3.05, 3.63) is 23.8 Å². The third-order valence-electron chi connectivity index (χ3n) is 4.31. The molecule has 0 spiro atoms. The molecule has 2 rings (SSSR count). The molecule has 0 aromatic heterocycles. The second-order valence-electron chi connectivity index (χ2n) is 5.77. The number of benzene rings is 1. The van der Waals surface area contributed by atoms with Crippen molar-refractivity contribution in [1.29, 1.82) is 0 Å². The predicted octanol–water partition coefficient (Wildman–Crippen LogP) is 2.08. The van der Waals surface area contributed by atoms with Crippen molar-refractivity contribution in [3.8, 4) is 11.5 Å². The highest BCUT2D eigenvalue weighted by atomic mass is 127. The summed E-state index contributed by atoms with van der Waals surface area (Å²) in [6.07, 6.45) is 2.52. The molecule has 1 unspecified atom stereocenters. The zero-order valence-corrected chi connectivity index (χ0v) is 17.3. The van der Waals surface area contributed by atoms with Crippen molar-refractivity contribution in [2.24, 2.45) is 4.99 Å². The molecule has 0 amide bonds. The number of nitrogens with zero attached hydrogens (tertiary/aromatic N) is 2. The molecule has 1 aromatic rings. The van der Waals surface area contributed by atoms with Crippen molar-refractivity contribution >= 4 is 29.9 Å². The fourth-order valence-electron chi connectivity index (χ4n) is 2.85. The van der Waals surface area contributed by atoms with Crippen LogP contribution < -0.4 is 20.1 Å². The number of hydrogen-bond acceptors (Lipinski definition) is 4. The van der Waals surface area contributed by atoms with E-state index in [1.807, 2.05) is 18.2 Å². The lowest BCUT2D eigenvalue weighted by Gasteiger charge is -2.21. The third kappa shape index (κ3) is 5.70. The van der Waals surface area contributed by atoms with Crippen LogP contribution in [0.25, 0.3) is 0 Å². The molecule has 1 aliphatic heterocycles. The van der Waals surface area contributed by atoms with Gasteiger partial charge in [-0.05, 0) is 44.1 Å². The number of methoxy groups -OCH3 is 2. The van der Waals surface area contributed by atoms with Gasteiger partial charge in [0.25, 0.3) is 0 Å². The Hall–Kier alpha value is -1.22. The molecule has 0 radical (unpaired) electrons. The van der Waals surface area contributed by atoms with E-state index in [1.54, 1.807) is 21.3 Å². The highest BCUT2D eigenvalue weighted by Crippen LogP contribution is 2.27. The first-order chi connectivity index (χ1) is 11.2. The molecule has 1 aliphatic rings. The van der Waals surface area contributed by atoms with Gasteiger partial charge in [-0.2, -0.15) is 0 Å². The molecule has 0 saturated carbocycles. The van der Waals surface area contributed by atoms with Crippen molar-refractivity contribution in [2.45, 2.75) is 25.4 Å². The lowest BCUT2D eigenvalue weighted by Crippen LogP contribution is -2.43. The van der Waals surface area contributed by atoms with E-state index in [2.05, 4.69) is 27.6 Å². The van der Waals surface area contributed by atoms with Gasteiger partial charge in [0.05, 0.1) is 14.2 Å². The van der Waals surface area contributed by atoms with Crippen LogP contribution in [0.2, 0.25) is 0 Å². The van der Waals surface area contributed by atoms with Gasteiger partial charge in [-0.15, -0.1) is 24.0 Å². The average Bonchev–Trinajstić information content (AvgIpc) is 2.99. The molecule has 136 valence electrons. The Bertz CT molecular complexity index is 539. The fraction of sp³-hybridized carbons (Fsp3) is 0.588. The van der Waals surface area contributed by atoms with E-state index in [4.69, 9.17) is 9.47 Å². The van der Waals surface area contributed by atoms with E-state index in [-0.39, 0.29) is 24.0 Å². The zero-order valence-electron chi connectivity index (χ0n) is 15.0. The summed E-state index contributed by atoms with van der Waals surface area (Å²) in [5.41, 5.74) is 1.11. The summed E-state index contributed by atoms with van der Waals surface area (Å²) in [4.78, 5) is 6.68. The Labute approximate surface area is 162 Å². The van der Waals surface area contributed by atoms with Crippen LogP contribution in [0.4, 0.5) is 0 Å². The number of likely N-dealkylation sites (N-methyl/N-ethyl adjacent to an activating group) is 1. The van der Waals surface area contributed by atoms with Gasteiger partial charge >= 0.3 is 0 Å². The zero-order chi connectivity index (χ0) is 16.7. The summed E-state index contributed by atoms with van der Waals surface area (Å²) in [5, 5.41) is 6.74. The first kappa shape index (κ1) is 20.8. The minimum absolute atomic E-state index is 0. The molecule has 0 aliphatic carbocycles. The quantitative estimate of drug-likeness (QED) is 0.397. The molecule has 7 heteroatoms. The minimum Gasteiger partial charge on any atom is -0.493 e. The van der Waals surface area contributed by atoms with Gasteiger partial charge in [0.15, 0.2) is 17.5 Å². The minimum atomic E-state index is 0. The summed E-state index contributed by atoms with van der Waals surface area (Å²) >= 11 is 0. The molecule has 0 bridgehead atoms. The molecule has 1 atom stereocenters. The van der Waals surface area contributed by atoms with E-state index in [9.17, 15) is 0 Å². The lowest BCUT2D eigenvalue weighted by atomic mass is 10.2. The largest absolute Gasteiger partial charge is 0.493 e. The number of likely N-dealkylation sites (tertiary alicyclic amines) is 1. The highest BCUT2D eigenvalue weighted by molar-refractivity contribution is 14.0. The maximum Gasteiger partial charge on any atom is 0.191 e. The summed E-state index contributed by atoms with van der Waals surface area (Å²) in [6, 6.07) is 6.50. The van der Waals surface area contributed by atoms with E-state index in [1.165, 1.54) is 19.4 Å². The van der Waals surface area contributed by atoms with Crippen LogP contribution in [0.3, 0.4) is 0 Å². The molecular formula is C17H29IN4O2. The lowest BCUT2D eigenvalue weighted by molar-refractivity contribution is 0.309. The first-order valence-electron chi connectivity index (χ1n) is 8.03. The van der Waals surface area contributed by atoms with Crippen LogP contribution in [0.15, 0.2) is 23.2 Å². The monoisotopic (exact) mass is 448 g/mol. The van der Waals surface area contributed by atoms with Gasteiger partial charge in [0.1, 0.15) is 0 Å². The Kier molecular flexibility index (Phi) is 9.20. The van der Waals surface area contributed by atoms with Crippen LogP contribution >= 0.6 is 24.0 Å². The van der Waals surface area contributed by atoms with Crippen LogP contribution in [-0.2, 0) is 6.54 Å². The summed E-state index contributed by atoms with van der Waals surface area (Å²) in [6.45, 7) is 2.78. The van der Waals surface area contributed by atoms with Crippen molar-refractivity contribution in [2.75, 3.05) is 41.4 Å². The van der Waals surface area contributed by atoms with Crippen LogP contribution in [0, 0.1) is 0 Å². The van der Waals surface area contributed by atoms with E-state index >= 15 is 0 Å². The number of ether oxygens (including phenoxy) is 2. The van der Waals surface area contributed by atoms with Gasteiger partial charge in [-0.1, -0.05) is 6.07 Å². The standard InChI is InChI=1S/C17H28N4O2.HI/c1-18-17(20-12-14-6-5-9-21(14)2)19-11-13-7-8-15(22-3)16(10-13)23-4;/h7-8,10,14H,5-6,9,11-12H2,1-4H3,(H2,18,19,20);1H. The Morgan fingerprint density at radius 1 is 1.25 bits per heavy atom. The molecule has 1 saturated heterocycles. The predicted molar refractivity (Wildman–Crippen MR) is 109 cm³/mol. The smallest absolute Gasteiger partial charge is 0.191 e. The molecule has 1 heterocycles. The molecule has 6 nitrogen and oxygen atoms in total. The van der Waals surface area contributed by atoms with Crippen molar-refractivity contribution in [1.82, 2.24) is 15.5 Å². The number of aliphatic imine (C=N–C) groups is 1. The molecule has 2 N–H and O–H groups in total.